The van der Waals surface area contributed by atoms with Gasteiger partial charge in [0.25, 0.3) is 21.8 Å². The summed E-state index contributed by atoms with van der Waals surface area (Å²) in [4.78, 5) is 28.7. The quantitative estimate of drug-likeness (QED) is 0.616. The van der Waals surface area contributed by atoms with E-state index >= 15 is 0 Å². The molecule has 11 heteroatoms. The largest absolute Gasteiger partial charge is 0.454 e. The van der Waals surface area contributed by atoms with Crippen molar-refractivity contribution in [1.29, 1.82) is 0 Å². The summed E-state index contributed by atoms with van der Waals surface area (Å²) in [6.07, 6.45) is 0. The van der Waals surface area contributed by atoms with Gasteiger partial charge in [-0.3, -0.25) is 30.2 Å². The van der Waals surface area contributed by atoms with Gasteiger partial charge in [0.15, 0.2) is 11.5 Å². The summed E-state index contributed by atoms with van der Waals surface area (Å²) in [7, 11) is -3.70. The smallest absolute Gasteiger partial charge is 0.269 e. The first-order valence-corrected chi connectivity index (χ1v) is 10.0. The molecule has 2 aromatic carbocycles. The molecule has 2 aliphatic heterocycles. The van der Waals surface area contributed by atoms with Crippen molar-refractivity contribution in [2.24, 2.45) is 4.99 Å². The SMILES string of the molecule is C[C@@H](N=C1NS(=O)(=O)c2ccccc21)C(=O)NNC(=O)c1ccc2c(c1)OCO2. The van der Waals surface area contributed by atoms with E-state index in [0.29, 0.717) is 17.1 Å². The third kappa shape index (κ3) is 3.59. The Kier molecular flexibility index (Phi) is 4.59. The molecule has 10 nitrogen and oxygen atoms in total. The number of sulfonamides is 1. The van der Waals surface area contributed by atoms with Gasteiger partial charge in [-0.15, -0.1) is 0 Å². The van der Waals surface area contributed by atoms with Crippen LogP contribution in [0, 0.1) is 0 Å². The average Bonchev–Trinajstić information content (AvgIpc) is 3.27. The Morgan fingerprint density at radius 1 is 1.10 bits per heavy atom. The number of hydrogen-bond acceptors (Lipinski definition) is 7. The molecule has 0 saturated carbocycles. The van der Waals surface area contributed by atoms with Crippen LogP contribution in [0.1, 0.15) is 22.8 Å². The molecule has 4 rings (SSSR count). The van der Waals surface area contributed by atoms with Crippen LogP contribution in [0.5, 0.6) is 11.5 Å². The van der Waals surface area contributed by atoms with E-state index < -0.39 is 27.9 Å². The summed E-state index contributed by atoms with van der Waals surface area (Å²) in [5, 5.41) is 0. The Morgan fingerprint density at radius 2 is 1.86 bits per heavy atom. The fourth-order valence-corrected chi connectivity index (χ4v) is 4.05. The summed E-state index contributed by atoms with van der Waals surface area (Å²) >= 11 is 0. The van der Waals surface area contributed by atoms with Crippen molar-refractivity contribution in [3.8, 4) is 11.5 Å². The number of hydrogen-bond donors (Lipinski definition) is 3. The van der Waals surface area contributed by atoms with Gasteiger partial charge in [0.1, 0.15) is 11.9 Å². The van der Waals surface area contributed by atoms with Gasteiger partial charge in [-0.2, -0.15) is 0 Å². The highest BCUT2D eigenvalue weighted by Crippen LogP contribution is 2.32. The molecule has 0 aromatic heterocycles. The second kappa shape index (κ2) is 7.09. The van der Waals surface area contributed by atoms with Crippen molar-refractivity contribution in [1.82, 2.24) is 15.6 Å². The lowest BCUT2D eigenvalue weighted by Crippen LogP contribution is -2.45. The summed E-state index contributed by atoms with van der Waals surface area (Å²) in [5.74, 6) is -0.116. The minimum Gasteiger partial charge on any atom is -0.454 e. The van der Waals surface area contributed by atoms with E-state index in [1.54, 1.807) is 24.3 Å². The van der Waals surface area contributed by atoms with E-state index in [9.17, 15) is 18.0 Å². The minimum atomic E-state index is -3.70. The number of aliphatic imine (C=N–C) groups is 1. The number of carbonyl (C=O) groups is 2. The molecular weight excluding hydrogens is 400 g/mol. The Labute approximate surface area is 165 Å². The van der Waals surface area contributed by atoms with Gasteiger partial charge in [0.2, 0.25) is 6.79 Å². The minimum absolute atomic E-state index is 0.0744. The van der Waals surface area contributed by atoms with Crippen LogP contribution in [0.4, 0.5) is 0 Å². The summed E-state index contributed by atoms with van der Waals surface area (Å²) < 4.78 is 36.9. The predicted octanol–water partition coefficient (Wildman–Crippen LogP) is 0.303. The van der Waals surface area contributed by atoms with E-state index in [-0.39, 0.29) is 23.1 Å². The van der Waals surface area contributed by atoms with Crippen LogP contribution in [0.2, 0.25) is 0 Å². The zero-order valence-electron chi connectivity index (χ0n) is 15.1. The lowest BCUT2D eigenvalue weighted by atomic mass is 10.2. The molecular formula is C18H16N4O6S. The number of hydrazine groups is 1. The van der Waals surface area contributed by atoms with Crippen molar-refractivity contribution >= 4 is 27.7 Å². The van der Waals surface area contributed by atoms with Crippen molar-refractivity contribution in [2.45, 2.75) is 17.9 Å². The first-order chi connectivity index (χ1) is 13.8. The molecule has 0 radical (unpaired) electrons. The van der Waals surface area contributed by atoms with E-state index in [0.717, 1.165) is 0 Å². The lowest BCUT2D eigenvalue weighted by molar-refractivity contribution is -0.122. The van der Waals surface area contributed by atoms with Crippen LogP contribution in [0.15, 0.2) is 52.4 Å². The van der Waals surface area contributed by atoms with E-state index in [1.807, 2.05) is 0 Å². The number of nitrogens with zero attached hydrogens (tertiary/aromatic N) is 1. The standard InChI is InChI=1S/C18H16N4O6S/c1-10(19-16-12-4-2-3-5-15(12)29(25,26)22-16)17(23)20-21-18(24)11-6-7-13-14(8-11)28-9-27-13/h2-8,10H,9H2,1H3,(H,19,22)(H,20,23)(H,21,24)/t10-/m1/s1. The third-order valence-corrected chi connectivity index (χ3v) is 5.70. The van der Waals surface area contributed by atoms with Gasteiger partial charge in [-0.1, -0.05) is 12.1 Å². The molecule has 3 N–H and O–H groups in total. The molecule has 2 aromatic rings. The molecule has 0 unspecified atom stereocenters. The molecule has 0 spiro atoms. The third-order valence-electron chi connectivity index (χ3n) is 4.30. The molecule has 2 heterocycles. The maximum Gasteiger partial charge on any atom is 0.269 e. The molecule has 150 valence electrons. The maximum atomic E-state index is 12.3. The van der Waals surface area contributed by atoms with Gasteiger partial charge in [0.05, 0.1) is 4.90 Å². The molecule has 0 aliphatic carbocycles. The number of ether oxygens (including phenoxy) is 2. The Morgan fingerprint density at radius 3 is 2.69 bits per heavy atom. The number of fused-ring (bicyclic) bond motifs is 2. The summed E-state index contributed by atoms with van der Waals surface area (Å²) in [5.41, 5.74) is 5.22. The molecule has 1 atom stereocenters. The average molecular weight is 416 g/mol. The second-order valence-corrected chi connectivity index (χ2v) is 7.92. The van der Waals surface area contributed by atoms with E-state index in [4.69, 9.17) is 9.47 Å². The van der Waals surface area contributed by atoms with Crippen LogP contribution in [-0.2, 0) is 14.8 Å². The molecule has 29 heavy (non-hydrogen) atoms. The Balaban J connectivity index is 1.42. The second-order valence-electron chi connectivity index (χ2n) is 6.27. The van der Waals surface area contributed by atoms with Crippen molar-refractivity contribution in [3.63, 3.8) is 0 Å². The monoisotopic (exact) mass is 416 g/mol. The maximum absolute atomic E-state index is 12.3. The van der Waals surface area contributed by atoms with Crippen LogP contribution < -0.4 is 25.0 Å². The van der Waals surface area contributed by atoms with Crippen LogP contribution in [0.3, 0.4) is 0 Å². The van der Waals surface area contributed by atoms with Crippen LogP contribution >= 0.6 is 0 Å². The van der Waals surface area contributed by atoms with Crippen molar-refractivity contribution < 1.29 is 27.5 Å². The fraction of sp³-hybridized carbons (Fsp3) is 0.167. The van der Waals surface area contributed by atoms with Crippen molar-refractivity contribution in [3.05, 3.63) is 53.6 Å². The first kappa shape index (κ1) is 18.7. The topological polar surface area (TPSA) is 135 Å². The Bertz CT molecular complexity index is 1140. The number of rotatable bonds is 3. The number of amidine groups is 1. The van der Waals surface area contributed by atoms with Gasteiger partial charge >= 0.3 is 0 Å². The highest BCUT2D eigenvalue weighted by atomic mass is 32.2. The highest BCUT2D eigenvalue weighted by molar-refractivity contribution is 7.90. The summed E-state index contributed by atoms with van der Waals surface area (Å²) in [6.45, 7) is 1.56. The molecule has 0 bridgehead atoms. The van der Waals surface area contributed by atoms with Gasteiger partial charge in [0, 0.05) is 11.1 Å². The molecule has 0 saturated heterocycles. The van der Waals surface area contributed by atoms with Crippen LogP contribution in [0.25, 0.3) is 0 Å². The first-order valence-electron chi connectivity index (χ1n) is 8.55. The molecule has 2 aliphatic rings. The zero-order chi connectivity index (χ0) is 20.6. The number of nitrogens with one attached hydrogen (secondary N) is 3. The number of amides is 2. The van der Waals surface area contributed by atoms with Gasteiger partial charge < -0.3 is 9.47 Å². The molecule has 2 amide bonds. The predicted molar refractivity (Wildman–Crippen MR) is 101 cm³/mol. The van der Waals surface area contributed by atoms with E-state index in [2.05, 4.69) is 20.6 Å². The Hall–Kier alpha value is -3.60. The summed E-state index contributed by atoms with van der Waals surface area (Å²) in [6, 6.07) is 9.98. The fourth-order valence-electron chi connectivity index (χ4n) is 2.81. The zero-order valence-corrected chi connectivity index (χ0v) is 15.9. The van der Waals surface area contributed by atoms with Crippen LogP contribution in [-0.4, -0.2) is 38.9 Å². The van der Waals surface area contributed by atoms with Crippen molar-refractivity contribution in [2.75, 3.05) is 6.79 Å². The number of benzene rings is 2. The number of carbonyl (C=O) groups excluding carboxylic acids is 2. The highest BCUT2D eigenvalue weighted by Gasteiger charge is 2.31. The lowest BCUT2D eigenvalue weighted by Gasteiger charge is -2.11. The van der Waals surface area contributed by atoms with E-state index in [1.165, 1.54) is 25.1 Å². The molecule has 0 fully saturated rings. The van der Waals surface area contributed by atoms with Gasteiger partial charge in [-0.05, 0) is 37.3 Å². The van der Waals surface area contributed by atoms with Gasteiger partial charge in [-0.25, -0.2) is 8.42 Å². The normalized spacial score (nSPS) is 17.9.